The fraction of sp³-hybridized carbons (Fsp3) is 0.130. The number of aromatic nitrogens is 1. The molecule has 0 atom stereocenters. The Labute approximate surface area is 189 Å². The predicted octanol–water partition coefficient (Wildman–Crippen LogP) is 5.27. The number of fused-ring (bicyclic) bond motifs is 1. The fourth-order valence-corrected chi connectivity index (χ4v) is 5.25. The molecule has 0 aliphatic carbocycles. The van der Waals surface area contributed by atoms with Crippen LogP contribution in [0.3, 0.4) is 0 Å². The third-order valence-electron chi connectivity index (χ3n) is 4.77. The van der Waals surface area contributed by atoms with E-state index in [1.54, 1.807) is 34.9 Å². The molecular weight excluding hydrogens is 448 g/mol. The molecule has 1 aromatic heterocycles. The Morgan fingerprint density at radius 2 is 1.74 bits per heavy atom. The van der Waals surface area contributed by atoms with E-state index in [-0.39, 0.29) is 10.8 Å². The second-order valence-electron chi connectivity index (χ2n) is 7.00. The highest BCUT2D eigenvalue weighted by molar-refractivity contribution is 7.98. The van der Waals surface area contributed by atoms with E-state index < -0.39 is 9.84 Å². The zero-order chi connectivity index (χ0) is 22.0. The van der Waals surface area contributed by atoms with Crippen molar-refractivity contribution in [1.82, 2.24) is 4.98 Å². The van der Waals surface area contributed by atoms with E-state index in [2.05, 4.69) is 4.98 Å². The molecule has 8 heteroatoms. The summed E-state index contributed by atoms with van der Waals surface area (Å²) >= 11 is 2.93. The van der Waals surface area contributed by atoms with E-state index >= 15 is 0 Å². The molecule has 0 radical (unpaired) electrons. The highest BCUT2D eigenvalue weighted by Gasteiger charge is 2.22. The summed E-state index contributed by atoms with van der Waals surface area (Å²) in [6, 6.07) is 22.1. The molecule has 0 bridgehead atoms. The molecule has 4 rings (SSSR count). The van der Waals surface area contributed by atoms with Gasteiger partial charge in [-0.25, -0.2) is 13.4 Å². The van der Waals surface area contributed by atoms with E-state index in [1.165, 1.54) is 17.6 Å². The van der Waals surface area contributed by atoms with Crippen molar-refractivity contribution in [3.05, 3.63) is 83.9 Å². The van der Waals surface area contributed by atoms with Gasteiger partial charge in [0, 0.05) is 16.7 Å². The topological polar surface area (TPSA) is 67.3 Å². The smallest absolute Gasteiger partial charge is 0.260 e. The Kier molecular flexibility index (Phi) is 6.13. The van der Waals surface area contributed by atoms with Crippen LogP contribution >= 0.6 is 23.1 Å². The average molecular weight is 469 g/mol. The SMILES string of the molecule is CSc1ccc(C(=O)N(Cc2ccccc2)c2nc3ccc(S(C)(=O)=O)cc3s2)cc1. The molecule has 1 heterocycles. The number of rotatable bonds is 6. The molecule has 31 heavy (non-hydrogen) atoms. The van der Waals surface area contributed by atoms with Crippen LogP contribution in [-0.4, -0.2) is 31.8 Å². The third kappa shape index (κ3) is 4.81. The number of benzene rings is 3. The van der Waals surface area contributed by atoms with E-state index in [4.69, 9.17) is 0 Å². The number of hydrogen-bond donors (Lipinski definition) is 0. The van der Waals surface area contributed by atoms with Crippen LogP contribution in [-0.2, 0) is 16.4 Å². The minimum absolute atomic E-state index is 0.154. The minimum atomic E-state index is -3.32. The van der Waals surface area contributed by atoms with Crippen LogP contribution in [0.1, 0.15) is 15.9 Å². The van der Waals surface area contributed by atoms with Crippen molar-refractivity contribution in [3.63, 3.8) is 0 Å². The molecule has 0 unspecified atom stereocenters. The second kappa shape index (κ2) is 8.82. The summed E-state index contributed by atoms with van der Waals surface area (Å²) in [5, 5.41) is 0.531. The zero-order valence-electron chi connectivity index (χ0n) is 17.0. The van der Waals surface area contributed by atoms with Crippen molar-refractivity contribution in [1.29, 1.82) is 0 Å². The first-order valence-electron chi connectivity index (χ1n) is 9.45. The van der Waals surface area contributed by atoms with Gasteiger partial charge in [-0.1, -0.05) is 41.7 Å². The van der Waals surface area contributed by atoms with Gasteiger partial charge in [0.1, 0.15) is 0 Å². The van der Waals surface area contributed by atoms with E-state index in [1.807, 2.05) is 60.9 Å². The second-order valence-corrected chi connectivity index (χ2v) is 10.9. The first kappa shape index (κ1) is 21.5. The molecule has 0 saturated carbocycles. The van der Waals surface area contributed by atoms with Crippen LogP contribution < -0.4 is 4.90 Å². The van der Waals surface area contributed by atoms with Crippen molar-refractivity contribution in [2.45, 2.75) is 16.3 Å². The number of thioether (sulfide) groups is 1. The van der Waals surface area contributed by atoms with Gasteiger partial charge in [0.25, 0.3) is 5.91 Å². The summed E-state index contributed by atoms with van der Waals surface area (Å²) in [6.07, 6.45) is 3.17. The lowest BCUT2D eigenvalue weighted by molar-refractivity contribution is 0.0985. The van der Waals surface area contributed by atoms with Crippen LogP contribution in [0.2, 0.25) is 0 Å². The standard InChI is InChI=1S/C23H20N2O3S3/c1-29-18-10-8-17(9-11-18)22(26)25(15-16-6-4-3-5-7-16)23-24-20-13-12-19(31(2,27)28)14-21(20)30-23/h3-14H,15H2,1-2H3. The van der Waals surface area contributed by atoms with Gasteiger partial charge in [0.2, 0.25) is 0 Å². The molecular formula is C23H20N2O3S3. The Morgan fingerprint density at radius 1 is 1.03 bits per heavy atom. The van der Waals surface area contributed by atoms with Gasteiger partial charge in [0.15, 0.2) is 15.0 Å². The molecule has 158 valence electrons. The summed E-state index contributed by atoms with van der Waals surface area (Å²) < 4.78 is 24.6. The molecule has 0 N–H and O–H groups in total. The number of carbonyl (C=O) groups excluding carboxylic acids is 1. The number of hydrogen-bond acceptors (Lipinski definition) is 6. The number of amides is 1. The maximum atomic E-state index is 13.4. The van der Waals surface area contributed by atoms with Crippen molar-refractivity contribution in [2.24, 2.45) is 0 Å². The minimum Gasteiger partial charge on any atom is -0.279 e. The quantitative estimate of drug-likeness (QED) is 0.361. The first-order chi connectivity index (χ1) is 14.8. The number of thiazole rings is 1. The van der Waals surface area contributed by atoms with Crippen molar-refractivity contribution in [2.75, 3.05) is 17.4 Å². The molecule has 1 amide bonds. The van der Waals surface area contributed by atoms with Crippen molar-refractivity contribution >= 4 is 54.2 Å². The molecule has 4 aromatic rings. The van der Waals surface area contributed by atoms with Gasteiger partial charge >= 0.3 is 0 Å². The molecule has 0 spiro atoms. The largest absolute Gasteiger partial charge is 0.279 e. The predicted molar refractivity (Wildman–Crippen MR) is 128 cm³/mol. The Hall–Kier alpha value is -2.68. The Bertz CT molecular complexity index is 1330. The van der Waals surface area contributed by atoms with Crippen LogP contribution in [0, 0.1) is 0 Å². The Morgan fingerprint density at radius 3 is 2.39 bits per heavy atom. The normalized spacial score (nSPS) is 11.5. The van der Waals surface area contributed by atoms with E-state index in [0.717, 1.165) is 15.2 Å². The molecule has 3 aromatic carbocycles. The van der Waals surface area contributed by atoms with Gasteiger partial charge in [-0.3, -0.25) is 9.69 Å². The fourth-order valence-electron chi connectivity index (χ4n) is 3.12. The summed E-state index contributed by atoms with van der Waals surface area (Å²) in [4.78, 5) is 21.0. The van der Waals surface area contributed by atoms with Crippen LogP contribution in [0.5, 0.6) is 0 Å². The molecule has 0 aliphatic heterocycles. The number of carbonyl (C=O) groups is 1. The highest BCUT2D eigenvalue weighted by Crippen LogP contribution is 2.32. The molecule has 0 fully saturated rings. The summed E-state index contributed by atoms with van der Waals surface area (Å²) in [7, 11) is -3.32. The van der Waals surface area contributed by atoms with Gasteiger partial charge < -0.3 is 0 Å². The summed E-state index contributed by atoms with van der Waals surface area (Å²) in [6.45, 7) is 0.364. The first-order valence-corrected chi connectivity index (χ1v) is 13.4. The number of sulfone groups is 1. The number of anilines is 1. The maximum Gasteiger partial charge on any atom is 0.260 e. The lowest BCUT2D eigenvalue weighted by Crippen LogP contribution is -2.30. The number of nitrogens with zero attached hydrogens (tertiary/aromatic N) is 2. The van der Waals surface area contributed by atoms with Gasteiger partial charge in [-0.15, -0.1) is 11.8 Å². The third-order valence-corrected chi connectivity index (χ3v) is 7.67. The summed E-state index contributed by atoms with van der Waals surface area (Å²) in [5.41, 5.74) is 2.22. The Balaban J connectivity index is 1.76. The monoisotopic (exact) mass is 468 g/mol. The zero-order valence-corrected chi connectivity index (χ0v) is 19.4. The average Bonchev–Trinajstić information content (AvgIpc) is 3.20. The molecule has 5 nitrogen and oxygen atoms in total. The van der Waals surface area contributed by atoms with Crippen molar-refractivity contribution < 1.29 is 13.2 Å². The summed E-state index contributed by atoms with van der Waals surface area (Å²) in [5.74, 6) is -0.154. The van der Waals surface area contributed by atoms with Gasteiger partial charge in [-0.05, 0) is 54.3 Å². The van der Waals surface area contributed by atoms with Crippen LogP contribution in [0.4, 0.5) is 5.13 Å². The van der Waals surface area contributed by atoms with Crippen LogP contribution in [0.25, 0.3) is 10.2 Å². The van der Waals surface area contributed by atoms with Crippen LogP contribution in [0.15, 0.2) is 82.6 Å². The molecule has 0 saturated heterocycles. The lowest BCUT2D eigenvalue weighted by atomic mass is 10.1. The lowest BCUT2D eigenvalue weighted by Gasteiger charge is -2.20. The van der Waals surface area contributed by atoms with Crippen molar-refractivity contribution in [3.8, 4) is 0 Å². The highest BCUT2D eigenvalue weighted by atomic mass is 32.2. The van der Waals surface area contributed by atoms with E-state index in [0.29, 0.717) is 22.8 Å². The van der Waals surface area contributed by atoms with Gasteiger partial charge in [-0.2, -0.15) is 0 Å². The van der Waals surface area contributed by atoms with E-state index in [9.17, 15) is 13.2 Å². The van der Waals surface area contributed by atoms with Gasteiger partial charge in [0.05, 0.1) is 21.7 Å². The maximum absolute atomic E-state index is 13.4. The molecule has 0 aliphatic rings.